The molecule has 0 aliphatic carbocycles. The van der Waals surface area contributed by atoms with Gasteiger partial charge >= 0.3 is 0 Å². The molecule has 2 heterocycles. The number of nitrogens with one attached hydrogen (secondary N) is 2. The predicted molar refractivity (Wildman–Crippen MR) is 122 cm³/mol. The van der Waals surface area contributed by atoms with Crippen molar-refractivity contribution in [3.05, 3.63) is 65.9 Å². The molecule has 2 aromatic carbocycles. The first-order valence-electron chi connectivity index (χ1n) is 9.12. The fraction of sp³-hybridized carbons (Fsp3) is 0.0952. The van der Waals surface area contributed by atoms with Crippen molar-refractivity contribution in [3.63, 3.8) is 0 Å². The van der Waals surface area contributed by atoms with Crippen LogP contribution in [0.25, 0.3) is 11.0 Å². The Kier molecular flexibility index (Phi) is 6.15. The molecule has 158 valence electrons. The minimum Gasteiger partial charge on any atom is -0.497 e. The van der Waals surface area contributed by atoms with Gasteiger partial charge in [-0.15, -0.1) is 0 Å². The van der Waals surface area contributed by atoms with Crippen LogP contribution in [-0.4, -0.2) is 33.4 Å². The molecule has 31 heavy (non-hydrogen) atoms. The van der Waals surface area contributed by atoms with Crippen LogP contribution in [0.2, 0.25) is 5.15 Å². The van der Waals surface area contributed by atoms with E-state index in [0.717, 1.165) is 0 Å². The third kappa shape index (κ3) is 4.84. The molecule has 10 heteroatoms. The number of para-hydroxylation sites is 2. The lowest BCUT2D eigenvalue weighted by atomic mass is 10.2. The smallest absolute Gasteiger partial charge is 0.182 e. The monoisotopic (exact) mass is 455 g/mol. The number of benzene rings is 2. The number of hydrogen-bond donors (Lipinski definition) is 2. The zero-order valence-electron chi connectivity index (χ0n) is 16.6. The molecule has 0 radical (unpaired) electrons. The van der Waals surface area contributed by atoms with Gasteiger partial charge in [0.15, 0.2) is 22.6 Å². The van der Waals surface area contributed by atoms with E-state index < -0.39 is 11.0 Å². The Morgan fingerprint density at radius 3 is 2.13 bits per heavy atom. The van der Waals surface area contributed by atoms with Crippen molar-refractivity contribution in [3.8, 4) is 11.5 Å². The largest absolute Gasteiger partial charge is 0.497 e. The Hall–Kier alpha value is -3.43. The summed E-state index contributed by atoms with van der Waals surface area (Å²) in [5.74, 6) is 1.93. The highest BCUT2D eigenvalue weighted by Crippen LogP contribution is 2.31. The van der Waals surface area contributed by atoms with Crippen LogP contribution >= 0.6 is 11.6 Å². The first kappa shape index (κ1) is 20.8. The highest BCUT2D eigenvalue weighted by molar-refractivity contribution is 7.86. The highest BCUT2D eigenvalue weighted by atomic mass is 35.5. The van der Waals surface area contributed by atoms with Crippen LogP contribution in [-0.2, 0) is 11.0 Å². The van der Waals surface area contributed by atoms with Crippen molar-refractivity contribution in [1.29, 1.82) is 0 Å². The first-order valence-corrected chi connectivity index (χ1v) is 10.7. The van der Waals surface area contributed by atoms with Crippen LogP contribution in [0, 0.1) is 0 Å². The highest BCUT2D eigenvalue weighted by Gasteiger charge is 2.14. The van der Waals surface area contributed by atoms with Gasteiger partial charge in [0.25, 0.3) is 0 Å². The average Bonchev–Trinajstić information content (AvgIpc) is 2.79. The maximum absolute atomic E-state index is 12.8. The number of fused-ring (bicyclic) bond motifs is 1. The lowest BCUT2D eigenvalue weighted by Crippen LogP contribution is -2.10. The summed E-state index contributed by atoms with van der Waals surface area (Å²) in [6.07, 6.45) is 1.44. The molecule has 0 saturated carbocycles. The minimum atomic E-state index is -1.63. The SMILES string of the molecule is COc1cc(Nc2nc3ccccc3nc2NS(=O)c2ccc(Cl)nc2)cc(OC)c1. The Morgan fingerprint density at radius 2 is 1.55 bits per heavy atom. The van der Waals surface area contributed by atoms with Gasteiger partial charge in [-0.3, -0.25) is 4.72 Å². The van der Waals surface area contributed by atoms with Gasteiger partial charge in [0.05, 0.1) is 30.1 Å². The molecular weight excluding hydrogens is 438 g/mol. The molecule has 1 unspecified atom stereocenters. The second kappa shape index (κ2) is 9.15. The summed E-state index contributed by atoms with van der Waals surface area (Å²) in [7, 11) is 1.52. The number of aromatic nitrogens is 3. The van der Waals surface area contributed by atoms with Gasteiger partial charge in [-0.25, -0.2) is 19.2 Å². The van der Waals surface area contributed by atoms with Crippen molar-refractivity contribution in [2.75, 3.05) is 24.3 Å². The molecule has 4 aromatic rings. The number of ether oxygens (including phenoxy) is 2. The fourth-order valence-electron chi connectivity index (χ4n) is 2.79. The number of pyridine rings is 1. The zero-order valence-corrected chi connectivity index (χ0v) is 18.2. The molecule has 0 aliphatic heterocycles. The van der Waals surface area contributed by atoms with E-state index >= 15 is 0 Å². The molecular formula is C21H18ClN5O3S. The van der Waals surface area contributed by atoms with Gasteiger partial charge in [-0.2, -0.15) is 0 Å². The van der Waals surface area contributed by atoms with Crippen molar-refractivity contribution in [2.45, 2.75) is 4.90 Å². The molecule has 0 bridgehead atoms. The predicted octanol–water partition coefficient (Wildman–Crippen LogP) is 4.57. The Bertz CT molecular complexity index is 1230. The van der Waals surface area contributed by atoms with Gasteiger partial charge in [0.1, 0.15) is 16.7 Å². The molecule has 0 amide bonds. The summed E-state index contributed by atoms with van der Waals surface area (Å²) in [5.41, 5.74) is 2.01. The van der Waals surface area contributed by atoms with Crippen molar-refractivity contribution < 1.29 is 13.7 Å². The summed E-state index contributed by atoms with van der Waals surface area (Å²) >= 11 is 5.82. The van der Waals surface area contributed by atoms with E-state index in [9.17, 15) is 4.21 Å². The number of nitrogens with zero attached hydrogens (tertiary/aromatic N) is 3. The van der Waals surface area contributed by atoms with Gasteiger partial charge in [0.2, 0.25) is 0 Å². The quantitative estimate of drug-likeness (QED) is 0.394. The topological polar surface area (TPSA) is 98.3 Å². The van der Waals surface area contributed by atoms with Crippen molar-refractivity contribution in [2.24, 2.45) is 0 Å². The molecule has 0 fully saturated rings. The second-order valence-electron chi connectivity index (χ2n) is 6.32. The molecule has 1 atom stereocenters. The van der Waals surface area contributed by atoms with Gasteiger partial charge in [0, 0.05) is 30.1 Å². The molecule has 2 N–H and O–H groups in total. The number of hydrogen-bond acceptors (Lipinski definition) is 7. The first-order chi connectivity index (χ1) is 15.1. The zero-order chi connectivity index (χ0) is 21.8. The van der Waals surface area contributed by atoms with Crippen LogP contribution < -0.4 is 19.5 Å². The Morgan fingerprint density at radius 1 is 0.903 bits per heavy atom. The molecule has 8 nitrogen and oxygen atoms in total. The second-order valence-corrected chi connectivity index (χ2v) is 7.92. The lowest BCUT2D eigenvalue weighted by molar-refractivity contribution is 0.395. The average molecular weight is 456 g/mol. The third-order valence-electron chi connectivity index (χ3n) is 4.29. The maximum atomic E-state index is 12.8. The van der Waals surface area contributed by atoms with E-state index in [0.29, 0.717) is 49.9 Å². The summed E-state index contributed by atoms with van der Waals surface area (Å²) in [5, 5.41) is 3.53. The molecule has 0 saturated heterocycles. The minimum absolute atomic E-state index is 0.314. The van der Waals surface area contributed by atoms with E-state index in [1.807, 2.05) is 24.3 Å². The summed E-state index contributed by atoms with van der Waals surface area (Å²) in [6.45, 7) is 0. The summed E-state index contributed by atoms with van der Waals surface area (Å²) in [6, 6.07) is 16.0. The Balaban J connectivity index is 1.73. The van der Waals surface area contributed by atoms with E-state index in [1.165, 1.54) is 6.20 Å². The number of anilines is 3. The van der Waals surface area contributed by atoms with Crippen molar-refractivity contribution in [1.82, 2.24) is 15.0 Å². The number of methoxy groups -OCH3 is 2. The molecule has 0 aliphatic rings. The van der Waals surface area contributed by atoms with Gasteiger partial charge in [-0.1, -0.05) is 23.7 Å². The van der Waals surface area contributed by atoms with Gasteiger partial charge < -0.3 is 14.8 Å². The fourth-order valence-corrected chi connectivity index (χ4v) is 3.68. The maximum Gasteiger partial charge on any atom is 0.182 e. The third-order valence-corrected chi connectivity index (χ3v) is 5.56. The van der Waals surface area contributed by atoms with E-state index in [1.54, 1.807) is 44.6 Å². The molecule has 4 rings (SSSR count). The number of halogens is 1. The Labute approximate surface area is 186 Å². The summed E-state index contributed by atoms with van der Waals surface area (Å²) < 4.78 is 26.4. The van der Waals surface area contributed by atoms with E-state index in [2.05, 4.69) is 25.0 Å². The van der Waals surface area contributed by atoms with Crippen LogP contribution in [0.15, 0.2) is 65.7 Å². The lowest BCUT2D eigenvalue weighted by Gasteiger charge is -2.14. The normalized spacial score (nSPS) is 11.7. The van der Waals surface area contributed by atoms with Crippen LogP contribution in [0.5, 0.6) is 11.5 Å². The van der Waals surface area contributed by atoms with E-state index in [4.69, 9.17) is 21.1 Å². The van der Waals surface area contributed by atoms with E-state index in [-0.39, 0.29) is 0 Å². The van der Waals surface area contributed by atoms with Gasteiger partial charge in [-0.05, 0) is 24.3 Å². The summed E-state index contributed by atoms with van der Waals surface area (Å²) in [4.78, 5) is 13.7. The van der Waals surface area contributed by atoms with Crippen LogP contribution in [0.1, 0.15) is 0 Å². The van der Waals surface area contributed by atoms with Crippen molar-refractivity contribution >= 4 is 50.9 Å². The van der Waals surface area contributed by atoms with Crippen LogP contribution in [0.4, 0.5) is 17.3 Å². The number of rotatable bonds is 7. The van der Waals surface area contributed by atoms with Crippen LogP contribution in [0.3, 0.4) is 0 Å². The standard InChI is InChI=1S/C21H18ClN5O3S/c1-29-14-9-13(10-15(11-14)30-2)24-20-21(26-18-6-4-3-5-17(18)25-20)27-31(28)16-7-8-19(22)23-12-16/h3-12H,1-2H3,(H,24,25)(H,26,27). The molecule has 0 spiro atoms. The molecule has 2 aromatic heterocycles.